The fraction of sp³-hybridized carbons (Fsp3) is 0.417. The molecule has 0 saturated heterocycles. The molecule has 0 aliphatic rings. The first kappa shape index (κ1) is 14.0. The van der Waals surface area contributed by atoms with Crippen LogP contribution in [0.15, 0.2) is 23.1 Å². The topological polar surface area (TPSA) is 82.3 Å². The van der Waals surface area contributed by atoms with Gasteiger partial charge in [0.15, 0.2) is 0 Å². The molecule has 6 heteroatoms. The molecule has 1 heterocycles. The summed E-state index contributed by atoms with van der Waals surface area (Å²) in [5, 5.41) is 2.47. The lowest BCUT2D eigenvalue weighted by atomic mass is 10.2. The first-order valence-corrected chi connectivity index (χ1v) is 5.77. The van der Waals surface area contributed by atoms with E-state index in [-0.39, 0.29) is 29.5 Å². The molecule has 1 aromatic rings. The van der Waals surface area contributed by atoms with Crippen molar-refractivity contribution >= 4 is 11.8 Å². The largest absolute Gasteiger partial charge is 0.358 e. The monoisotopic (exact) mass is 251 g/mol. The van der Waals surface area contributed by atoms with E-state index < -0.39 is 0 Å². The van der Waals surface area contributed by atoms with E-state index in [0.717, 1.165) is 6.42 Å². The van der Waals surface area contributed by atoms with Crippen LogP contribution < -0.4 is 10.9 Å². The summed E-state index contributed by atoms with van der Waals surface area (Å²) in [4.78, 5) is 38.5. The molecule has 0 atom stereocenters. The molecule has 0 aromatic carbocycles. The van der Waals surface area contributed by atoms with Crippen LogP contribution in [0.1, 0.15) is 23.7 Å². The Bertz CT molecular complexity index is 481. The van der Waals surface area contributed by atoms with Gasteiger partial charge in [0.1, 0.15) is 0 Å². The second-order valence-corrected chi connectivity index (χ2v) is 3.84. The first-order valence-electron chi connectivity index (χ1n) is 5.77. The van der Waals surface area contributed by atoms with Crippen LogP contribution in [0.4, 0.5) is 0 Å². The van der Waals surface area contributed by atoms with Crippen molar-refractivity contribution in [1.29, 1.82) is 0 Å². The number of hydrogen-bond donors (Lipinski definition) is 2. The number of nitrogens with one attached hydrogen (secondary N) is 2. The maximum Gasteiger partial charge on any atom is 0.254 e. The molecule has 0 radical (unpaired) electrons. The number of hydrogen-bond acceptors (Lipinski definition) is 3. The van der Waals surface area contributed by atoms with Crippen LogP contribution in [0.2, 0.25) is 0 Å². The number of rotatable bonds is 5. The van der Waals surface area contributed by atoms with E-state index in [1.807, 2.05) is 6.92 Å². The number of amides is 2. The Labute approximate surface area is 105 Å². The van der Waals surface area contributed by atoms with Gasteiger partial charge in [-0.1, -0.05) is 6.92 Å². The van der Waals surface area contributed by atoms with E-state index in [1.54, 1.807) is 0 Å². The number of nitrogens with zero attached hydrogens (tertiary/aromatic N) is 1. The van der Waals surface area contributed by atoms with Crippen LogP contribution in [0, 0.1) is 0 Å². The Balaban J connectivity index is 2.88. The van der Waals surface area contributed by atoms with Gasteiger partial charge in [-0.05, 0) is 12.5 Å². The van der Waals surface area contributed by atoms with Crippen LogP contribution in [-0.4, -0.2) is 41.8 Å². The SMILES string of the molecule is CCCN(CC(=O)NC)C(=O)c1cc[nH]c(=O)c1. The highest BCUT2D eigenvalue weighted by Crippen LogP contribution is 2.02. The number of aromatic nitrogens is 1. The zero-order valence-corrected chi connectivity index (χ0v) is 10.5. The molecule has 1 aromatic heterocycles. The van der Waals surface area contributed by atoms with Gasteiger partial charge in [0.2, 0.25) is 11.5 Å². The van der Waals surface area contributed by atoms with Crippen molar-refractivity contribution in [2.24, 2.45) is 0 Å². The molecule has 0 aliphatic carbocycles. The standard InChI is InChI=1S/C12H17N3O3/c1-3-6-15(8-11(17)13-2)12(18)9-4-5-14-10(16)7-9/h4-5,7H,3,6,8H2,1-2H3,(H,13,17)(H,14,16). The van der Waals surface area contributed by atoms with Crippen molar-refractivity contribution in [3.05, 3.63) is 34.2 Å². The average Bonchev–Trinajstić information content (AvgIpc) is 2.37. The Morgan fingerprint density at radius 1 is 1.44 bits per heavy atom. The molecule has 0 bridgehead atoms. The number of carbonyl (C=O) groups excluding carboxylic acids is 2. The summed E-state index contributed by atoms with van der Waals surface area (Å²) in [5.41, 5.74) is -0.0478. The van der Waals surface area contributed by atoms with Gasteiger partial charge < -0.3 is 15.2 Å². The van der Waals surface area contributed by atoms with Crippen molar-refractivity contribution < 1.29 is 9.59 Å². The van der Waals surface area contributed by atoms with Crippen LogP contribution in [-0.2, 0) is 4.79 Å². The highest BCUT2D eigenvalue weighted by Gasteiger charge is 2.17. The van der Waals surface area contributed by atoms with E-state index in [0.29, 0.717) is 6.54 Å². The van der Waals surface area contributed by atoms with Crippen molar-refractivity contribution in [2.75, 3.05) is 20.1 Å². The molecule has 0 aliphatic heterocycles. The lowest BCUT2D eigenvalue weighted by molar-refractivity contribution is -0.121. The summed E-state index contributed by atoms with van der Waals surface area (Å²) >= 11 is 0. The van der Waals surface area contributed by atoms with Crippen molar-refractivity contribution in [3.8, 4) is 0 Å². The van der Waals surface area contributed by atoms with E-state index in [9.17, 15) is 14.4 Å². The predicted octanol–water partition coefficient (Wildman–Crippen LogP) is -0.0269. The normalized spacial score (nSPS) is 9.89. The summed E-state index contributed by atoms with van der Waals surface area (Å²) in [7, 11) is 1.52. The fourth-order valence-corrected chi connectivity index (χ4v) is 1.53. The van der Waals surface area contributed by atoms with Gasteiger partial charge in [-0.2, -0.15) is 0 Å². The van der Waals surface area contributed by atoms with Crippen molar-refractivity contribution in [2.45, 2.75) is 13.3 Å². The van der Waals surface area contributed by atoms with E-state index in [1.165, 1.54) is 30.3 Å². The minimum atomic E-state index is -0.336. The Morgan fingerprint density at radius 2 is 2.17 bits per heavy atom. The molecule has 6 nitrogen and oxygen atoms in total. The molecule has 0 fully saturated rings. The van der Waals surface area contributed by atoms with Gasteiger partial charge in [0.25, 0.3) is 5.91 Å². The number of likely N-dealkylation sites (N-methyl/N-ethyl adjacent to an activating group) is 1. The Kier molecular flexibility index (Phi) is 5.10. The summed E-state index contributed by atoms with van der Waals surface area (Å²) in [6.45, 7) is 2.39. The van der Waals surface area contributed by atoms with Crippen molar-refractivity contribution in [3.63, 3.8) is 0 Å². The zero-order chi connectivity index (χ0) is 13.5. The smallest absolute Gasteiger partial charge is 0.254 e. The Morgan fingerprint density at radius 3 is 2.72 bits per heavy atom. The van der Waals surface area contributed by atoms with Gasteiger partial charge in [-0.25, -0.2) is 0 Å². The third kappa shape index (κ3) is 3.73. The molecule has 1 rings (SSSR count). The summed E-state index contributed by atoms with van der Waals surface area (Å²) in [6, 6.07) is 2.76. The molecular weight excluding hydrogens is 234 g/mol. The molecule has 98 valence electrons. The van der Waals surface area contributed by atoms with Gasteiger partial charge in [-0.15, -0.1) is 0 Å². The molecule has 0 spiro atoms. The average molecular weight is 251 g/mol. The zero-order valence-electron chi connectivity index (χ0n) is 10.5. The second-order valence-electron chi connectivity index (χ2n) is 3.84. The second kappa shape index (κ2) is 6.58. The fourth-order valence-electron chi connectivity index (χ4n) is 1.53. The van der Waals surface area contributed by atoms with Crippen LogP contribution >= 0.6 is 0 Å². The maximum absolute atomic E-state index is 12.1. The van der Waals surface area contributed by atoms with E-state index in [2.05, 4.69) is 10.3 Å². The minimum Gasteiger partial charge on any atom is -0.358 e. The van der Waals surface area contributed by atoms with E-state index in [4.69, 9.17) is 0 Å². The number of pyridine rings is 1. The maximum atomic E-state index is 12.1. The quantitative estimate of drug-likeness (QED) is 0.771. The summed E-state index contributed by atoms with van der Waals surface area (Å²) < 4.78 is 0. The lowest BCUT2D eigenvalue weighted by Gasteiger charge is -2.21. The summed E-state index contributed by atoms with van der Waals surface area (Å²) in [5.74, 6) is -0.548. The first-order chi connectivity index (χ1) is 8.58. The lowest BCUT2D eigenvalue weighted by Crippen LogP contribution is -2.40. The van der Waals surface area contributed by atoms with E-state index >= 15 is 0 Å². The summed E-state index contributed by atoms with van der Waals surface area (Å²) in [6.07, 6.45) is 2.16. The highest BCUT2D eigenvalue weighted by molar-refractivity contribution is 5.96. The van der Waals surface area contributed by atoms with Crippen LogP contribution in [0.5, 0.6) is 0 Å². The van der Waals surface area contributed by atoms with Gasteiger partial charge >= 0.3 is 0 Å². The molecule has 2 N–H and O–H groups in total. The molecule has 18 heavy (non-hydrogen) atoms. The third-order valence-electron chi connectivity index (χ3n) is 2.42. The molecule has 0 saturated carbocycles. The third-order valence-corrected chi connectivity index (χ3v) is 2.42. The Hall–Kier alpha value is -2.11. The predicted molar refractivity (Wildman–Crippen MR) is 67.3 cm³/mol. The van der Waals surface area contributed by atoms with Crippen molar-refractivity contribution in [1.82, 2.24) is 15.2 Å². The number of carbonyl (C=O) groups is 2. The van der Waals surface area contributed by atoms with Crippen LogP contribution in [0.25, 0.3) is 0 Å². The molecular formula is C12H17N3O3. The molecule has 0 unspecified atom stereocenters. The molecule has 2 amide bonds. The van der Waals surface area contributed by atoms with Gasteiger partial charge in [-0.3, -0.25) is 14.4 Å². The number of aromatic amines is 1. The number of H-pyrrole nitrogens is 1. The minimum absolute atomic E-state index is 0.00400. The van der Waals surface area contributed by atoms with Gasteiger partial charge in [0.05, 0.1) is 6.54 Å². The highest BCUT2D eigenvalue weighted by atomic mass is 16.2. The van der Waals surface area contributed by atoms with Gasteiger partial charge in [0, 0.05) is 31.4 Å². The van der Waals surface area contributed by atoms with Crippen LogP contribution in [0.3, 0.4) is 0 Å².